The number of ether oxygens (including phenoxy) is 2. The second-order valence-electron chi connectivity index (χ2n) is 6.56. The van der Waals surface area contributed by atoms with Gasteiger partial charge in [0.2, 0.25) is 10.0 Å². The smallest absolute Gasteiger partial charge is 0.263 e. The van der Waals surface area contributed by atoms with Gasteiger partial charge in [-0.15, -0.1) is 0 Å². The molecule has 0 bridgehead atoms. The van der Waals surface area contributed by atoms with Crippen LogP contribution in [0.5, 0.6) is 11.5 Å². The lowest BCUT2D eigenvalue weighted by Gasteiger charge is -2.27. The summed E-state index contributed by atoms with van der Waals surface area (Å²) in [6, 6.07) is 12.7. The van der Waals surface area contributed by atoms with Gasteiger partial charge in [0, 0.05) is 0 Å². The van der Waals surface area contributed by atoms with Crippen LogP contribution in [0.15, 0.2) is 53.6 Å². The molecule has 30 heavy (non-hydrogen) atoms. The fourth-order valence-corrected chi connectivity index (χ4v) is 3.97. The van der Waals surface area contributed by atoms with Gasteiger partial charge >= 0.3 is 0 Å². The van der Waals surface area contributed by atoms with Crippen LogP contribution in [0, 0.1) is 0 Å². The lowest BCUT2D eigenvalue weighted by atomic mass is 10.1. The molecule has 0 aliphatic carbocycles. The highest BCUT2D eigenvalue weighted by atomic mass is 32.2. The minimum absolute atomic E-state index is 0.355. The average Bonchev–Trinajstić information content (AvgIpc) is 2.72. The predicted molar refractivity (Wildman–Crippen MR) is 118 cm³/mol. The molecule has 9 heteroatoms. The molecule has 2 aromatic carbocycles. The molecule has 8 nitrogen and oxygen atoms in total. The predicted octanol–water partition coefficient (Wildman–Crippen LogP) is 2.79. The first kappa shape index (κ1) is 23.2. The Morgan fingerprint density at radius 3 is 2.17 bits per heavy atom. The minimum atomic E-state index is -3.71. The topological polar surface area (TPSA) is 97.3 Å². The first-order valence-electron chi connectivity index (χ1n) is 9.38. The van der Waals surface area contributed by atoms with E-state index in [2.05, 4.69) is 10.5 Å². The molecule has 0 aromatic heterocycles. The molecular weight excluding hydrogens is 406 g/mol. The standard InChI is InChI=1S/C21H27N3O5S/c1-6-29-20-11-7-17(8-12-20)15(2)22-23-21(25)16(3)24(30(5,26)27)18-9-13-19(28-4)14-10-18/h7-14,16H,6H2,1-5H3,(H,23,25)/b22-15-/t16-/m1/s1. The third-order valence-corrected chi connectivity index (χ3v) is 5.57. The van der Waals surface area contributed by atoms with E-state index >= 15 is 0 Å². The molecule has 162 valence electrons. The number of nitrogens with one attached hydrogen (secondary N) is 1. The molecular formula is C21H27N3O5S. The number of hydrazone groups is 1. The van der Waals surface area contributed by atoms with Gasteiger partial charge in [-0.2, -0.15) is 5.10 Å². The van der Waals surface area contributed by atoms with Gasteiger partial charge < -0.3 is 9.47 Å². The van der Waals surface area contributed by atoms with Crippen LogP contribution < -0.4 is 19.2 Å². The Bertz CT molecular complexity index is 986. The van der Waals surface area contributed by atoms with Crippen molar-refractivity contribution in [2.45, 2.75) is 26.8 Å². The number of carbonyl (C=O) groups excluding carboxylic acids is 1. The monoisotopic (exact) mass is 433 g/mol. The SMILES string of the molecule is CCOc1ccc(/C(C)=N\NC(=O)[C@@H](C)N(c2ccc(OC)cc2)S(C)(=O)=O)cc1. The zero-order valence-electron chi connectivity index (χ0n) is 17.7. The van der Waals surface area contributed by atoms with Gasteiger partial charge in [0.15, 0.2) is 0 Å². The van der Waals surface area contributed by atoms with Crippen molar-refractivity contribution in [1.29, 1.82) is 0 Å². The van der Waals surface area contributed by atoms with Crippen LogP contribution in [0.2, 0.25) is 0 Å². The summed E-state index contributed by atoms with van der Waals surface area (Å²) in [6.07, 6.45) is 1.05. The van der Waals surface area contributed by atoms with E-state index in [4.69, 9.17) is 9.47 Å². The van der Waals surface area contributed by atoms with Crippen molar-refractivity contribution in [3.8, 4) is 11.5 Å². The molecule has 2 aromatic rings. The minimum Gasteiger partial charge on any atom is -0.497 e. The van der Waals surface area contributed by atoms with E-state index in [-0.39, 0.29) is 0 Å². The molecule has 0 spiro atoms. The van der Waals surface area contributed by atoms with Crippen LogP contribution in [0.1, 0.15) is 26.3 Å². The molecule has 1 N–H and O–H groups in total. The maximum Gasteiger partial charge on any atom is 0.263 e. The number of nitrogens with zero attached hydrogens (tertiary/aromatic N) is 2. The Hall–Kier alpha value is -3.07. The summed E-state index contributed by atoms with van der Waals surface area (Å²) in [5.74, 6) is 0.774. The van der Waals surface area contributed by atoms with E-state index < -0.39 is 22.0 Å². The van der Waals surface area contributed by atoms with E-state index in [1.807, 2.05) is 31.2 Å². The van der Waals surface area contributed by atoms with Gasteiger partial charge in [-0.25, -0.2) is 13.8 Å². The number of sulfonamides is 1. The Balaban J connectivity index is 2.17. The van der Waals surface area contributed by atoms with Gasteiger partial charge in [0.05, 0.1) is 31.4 Å². The maximum atomic E-state index is 12.6. The van der Waals surface area contributed by atoms with Crippen molar-refractivity contribution in [3.63, 3.8) is 0 Å². The average molecular weight is 434 g/mol. The summed E-state index contributed by atoms with van der Waals surface area (Å²) < 4.78 is 36.2. The van der Waals surface area contributed by atoms with Crippen LogP contribution in [-0.2, 0) is 14.8 Å². The summed E-state index contributed by atoms with van der Waals surface area (Å²) in [7, 11) is -2.20. The number of hydrogen-bond acceptors (Lipinski definition) is 6. The molecule has 0 aliphatic heterocycles. The second-order valence-corrected chi connectivity index (χ2v) is 8.42. The Labute approximate surface area is 177 Å². The van der Waals surface area contributed by atoms with Crippen molar-refractivity contribution in [2.24, 2.45) is 5.10 Å². The Morgan fingerprint density at radius 1 is 1.10 bits per heavy atom. The lowest BCUT2D eigenvalue weighted by Crippen LogP contribution is -2.46. The van der Waals surface area contributed by atoms with Gasteiger partial charge in [-0.3, -0.25) is 9.10 Å². The molecule has 1 amide bonds. The number of carbonyl (C=O) groups is 1. The van der Waals surface area contributed by atoms with Crippen LogP contribution in [-0.4, -0.2) is 46.1 Å². The molecule has 2 rings (SSSR count). The Kier molecular flexibility index (Phi) is 7.82. The zero-order chi connectivity index (χ0) is 22.3. The van der Waals surface area contributed by atoms with Crippen LogP contribution >= 0.6 is 0 Å². The molecule has 0 fully saturated rings. The van der Waals surface area contributed by atoms with Crippen LogP contribution in [0.3, 0.4) is 0 Å². The highest BCUT2D eigenvalue weighted by Crippen LogP contribution is 2.23. The molecule has 0 unspecified atom stereocenters. The molecule has 0 heterocycles. The van der Waals surface area contributed by atoms with E-state index in [0.717, 1.165) is 21.9 Å². The number of benzene rings is 2. The first-order chi connectivity index (χ1) is 14.2. The third kappa shape index (κ3) is 5.96. The number of rotatable bonds is 9. The highest BCUT2D eigenvalue weighted by Gasteiger charge is 2.29. The third-order valence-electron chi connectivity index (χ3n) is 4.33. The molecule has 0 saturated heterocycles. The van der Waals surface area contributed by atoms with E-state index in [1.54, 1.807) is 31.2 Å². The number of anilines is 1. The molecule has 1 atom stereocenters. The fraction of sp³-hybridized carbons (Fsp3) is 0.333. The van der Waals surface area contributed by atoms with E-state index in [1.165, 1.54) is 14.0 Å². The summed E-state index contributed by atoms with van der Waals surface area (Å²) in [5, 5.41) is 4.11. The van der Waals surface area contributed by atoms with Gasteiger partial charge in [0.25, 0.3) is 5.91 Å². The highest BCUT2D eigenvalue weighted by molar-refractivity contribution is 7.92. The molecule has 0 saturated carbocycles. The largest absolute Gasteiger partial charge is 0.497 e. The van der Waals surface area contributed by atoms with Gasteiger partial charge in [-0.05, 0) is 74.9 Å². The van der Waals surface area contributed by atoms with Crippen molar-refractivity contribution in [1.82, 2.24) is 5.43 Å². The van der Waals surface area contributed by atoms with E-state index in [0.29, 0.717) is 23.8 Å². The number of methoxy groups -OCH3 is 1. The Morgan fingerprint density at radius 2 is 1.67 bits per heavy atom. The molecule has 0 radical (unpaired) electrons. The fourth-order valence-electron chi connectivity index (χ4n) is 2.79. The van der Waals surface area contributed by atoms with Crippen molar-refractivity contribution in [3.05, 3.63) is 54.1 Å². The van der Waals surface area contributed by atoms with Crippen molar-refractivity contribution >= 4 is 27.3 Å². The summed E-state index contributed by atoms with van der Waals surface area (Å²) in [6.45, 7) is 5.73. The lowest BCUT2D eigenvalue weighted by molar-refractivity contribution is -0.121. The number of amides is 1. The second kappa shape index (κ2) is 10.1. The van der Waals surface area contributed by atoms with Crippen LogP contribution in [0.4, 0.5) is 5.69 Å². The maximum absolute atomic E-state index is 12.6. The summed E-state index contributed by atoms with van der Waals surface area (Å²) >= 11 is 0. The number of hydrogen-bond donors (Lipinski definition) is 1. The van der Waals surface area contributed by atoms with E-state index in [9.17, 15) is 13.2 Å². The normalized spacial score (nSPS) is 12.8. The first-order valence-corrected chi connectivity index (χ1v) is 11.2. The van der Waals surface area contributed by atoms with Crippen molar-refractivity contribution < 1.29 is 22.7 Å². The summed E-state index contributed by atoms with van der Waals surface area (Å²) in [4.78, 5) is 12.6. The van der Waals surface area contributed by atoms with Crippen molar-refractivity contribution in [2.75, 3.05) is 24.3 Å². The summed E-state index contributed by atoms with van der Waals surface area (Å²) in [5.41, 5.74) is 4.19. The van der Waals surface area contributed by atoms with Crippen LogP contribution in [0.25, 0.3) is 0 Å². The van der Waals surface area contributed by atoms with Gasteiger partial charge in [-0.1, -0.05) is 0 Å². The quantitative estimate of drug-likeness (QED) is 0.484. The zero-order valence-corrected chi connectivity index (χ0v) is 18.6. The van der Waals surface area contributed by atoms with Gasteiger partial charge in [0.1, 0.15) is 17.5 Å². The molecule has 0 aliphatic rings.